The third-order valence-corrected chi connectivity index (χ3v) is 5.47. The molecular formula is C15H21N3O3S. The lowest BCUT2D eigenvalue weighted by Crippen LogP contribution is -2.42. The Kier molecular flexibility index (Phi) is 4.46. The number of hydrogen-bond donors (Lipinski definition) is 1. The van der Waals surface area contributed by atoms with Crippen molar-refractivity contribution in [2.24, 2.45) is 0 Å². The topological polar surface area (TPSA) is 73.2 Å². The lowest BCUT2D eigenvalue weighted by atomic mass is 10.1. The molecular weight excluding hydrogens is 302 g/mol. The second-order valence-electron chi connectivity index (χ2n) is 5.70. The minimum atomic E-state index is -3.34. The quantitative estimate of drug-likeness (QED) is 0.875. The summed E-state index contributed by atoms with van der Waals surface area (Å²) in [5, 5.41) is 0. The molecule has 1 fully saturated rings. The van der Waals surface area contributed by atoms with Gasteiger partial charge in [-0.05, 0) is 31.9 Å². The number of nitrogens with one attached hydrogen (secondary N) is 1. The van der Waals surface area contributed by atoms with Gasteiger partial charge < -0.3 is 9.30 Å². The monoisotopic (exact) mass is 323 g/mol. The zero-order valence-corrected chi connectivity index (χ0v) is 13.4. The number of benzene rings is 1. The van der Waals surface area contributed by atoms with Gasteiger partial charge in [0.2, 0.25) is 10.0 Å². The van der Waals surface area contributed by atoms with Gasteiger partial charge in [0.15, 0.2) is 0 Å². The van der Waals surface area contributed by atoms with Crippen molar-refractivity contribution in [3.05, 3.63) is 30.6 Å². The molecule has 2 aromatic rings. The van der Waals surface area contributed by atoms with Gasteiger partial charge in [-0.15, -0.1) is 0 Å². The van der Waals surface area contributed by atoms with E-state index in [1.54, 1.807) is 6.33 Å². The maximum Gasteiger partial charge on any atom is 0.213 e. The summed E-state index contributed by atoms with van der Waals surface area (Å²) < 4.78 is 34.6. The number of rotatable bonds is 6. The van der Waals surface area contributed by atoms with Gasteiger partial charge >= 0.3 is 0 Å². The highest BCUT2D eigenvalue weighted by molar-refractivity contribution is 7.89. The molecule has 0 unspecified atom stereocenters. The van der Waals surface area contributed by atoms with E-state index in [0.29, 0.717) is 6.54 Å². The Morgan fingerprint density at radius 3 is 3.05 bits per heavy atom. The number of nitrogens with zero attached hydrogens (tertiary/aromatic N) is 2. The Labute approximate surface area is 130 Å². The van der Waals surface area contributed by atoms with Crippen LogP contribution in [0.4, 0.5) is 0 Å². The zero-order valence-electron chi connectivity index (χ0n) is 12.6. The summed E-state index contributed by atoms with van der Waals surface area (Å²) in [5.74, 6) is 0.0322. The molecule has 1 aliphatic heterocycles. The van der Waals surface area contributed by atoms with E-state index in [9.17, 15) is 8.42 Å². The highest BCUT2D eigenvalue weighted by atomic mass is 32.2. The van der Waals surface area contributed by atoms with Crippen molar-refractivity contribution in [3.63, 3.8) is 0 Å². The summed E-state index contributed by atoms with van der Waals surface area (Å²) in [4.78, 5) is 4.27. The molecule has 1 aromatic carbocycles. The molecule has 0 spiro atoms. The summed E-state index contributed by atoms with van der Waals surface area (Å²) in [5.41, 5.74) is 1.82. The van der Waals surface area contributed by atoms with Gasteiger partial charge in [-0.2, -0.15) is 0 Å². The molecule has 120 valence electrons. The predicted octanol–water partition coefficient (Wildman–Crippen LogP) is 1.52. The van der Waals surface area contributed by atoms with Crippen LogP contribution in [0.1, 0.15) is 19.8 Å². The summed E-state index contributed by atoms with van der Waals surface area (Å²) in [7, 11) is -3.34. The number of aryl methyl sites for hydroxylation is 1. The van der Waals surface area contributed by atoms with E-state index < -0.39 is 10.0 Å². The first-order chi connectivity index (χ1) is 10.6. The Bertz CT molecular complexity index is 735. The Balaban J connectivity index is 1.62. The van der Waals surface area contributed by atoms with Crippen molar-refractivity contribution in [3.8, 4) is 0 Å². The summed E-state index contributed by atoms with van der Waals surface area (Å²) in [6.07, 6.45) is 3.58. The fraction of sp³-hybridized carbons (Fsp3) is 0.533. The Morgan fingerprint density at radius 2 is 2.27 bits per heavy atom. The normalized spacial score (nSPS) is 20.5. The van der Waals surface area contributed by atoms with Crippen molar-refractivity contribution in [1.29, 1.82) is 0 Å². The van der Waals surface area contributed by atoms with Gasteiger partial charge in [-0.3, -0.25) is 0 Å². The van der Waals surface area contributed by atoms with Gasteiger partial charge in [0.05, 0.1) is 29.2 Å². The molecule has 0 aliphatic carbocycles. The van der Waals surface area contributed by atoms with Gasteiger partial charge in [-0.1, -0.05) is 12.1 Å². The van der Waals surface area contributed by atoms with E-state index in [1.165, 1.54) is 0 Å². The van der Waals surface area contributed by atoms with E-state index in [-0.39, 0.29) is 17.9 Å². The average molecular weight is 323 g/mol. The summed E-state index contributed by atoms with van der Waals surface area (Å²) >= 11 is 0. The van der Waals surface area contributed by atoms with Crippen molar-refractivity contribution >= 4 is 21.1 Å². The van der Waals surface area contributed by atoms with Crippen LogP contribution in [-0.2, 0) is 21.3 Å². The van der Waals surface area contributed by atoms with Crippen LogP contribution in [0, 0.1) is 0 Å². The molecule has 2 heterocycles. The lowest BCUT2D eigenvalue weighted by molar-refractivity contribution is 0.0902. The molecule has 0 radical (unpaired) electrons. The predicted molar refractivity (Wildman–Crippen MR) is 85.1 cm³/mol. The molecule has 0 amide bonds. The van der Waals surface area contributed by atoms with E-state index in [2.05, 4.69) is 9.71 Å². The molecule has 0 bridgehead atoms. The molecule has 7 heteroatoms. The van der Waals surface area contributed by atoms with Crippen LogP contribution < -0.4 is 4.72 Å². The van der Waals surface area contributed by atoms with Crippen molar-refractivity contribution in [2.75, 3.05) is 12.4 Å². The maximum absolute atomic E-state index is 12.2. The van der Waals surface area contributed by atoms with Gasteiger partial charge in [0.1, 0.15) is 0 Å². The number of hydrogen-bond acceptors (Lipinski definition) is 4. The smallest absolute Gasteiger partial charge is 0.213 e. The SMILES string of the molecule is C[C@H](NS(=O)(=O)CCn1cnc2ccccc21)[C@@H]1CCCO1. The number of aromatic nitrogens is 2. The molecule has 1 saturated heterocycles. The molecule has 6 nitrogen and oxygen atoms in total. The summed E-state index contributed by atoms with van der Waals surface area (Å²) in [6, 6.07) is 7.51. The van der Waals surface area contributed by atoms with Crippen LogP contribution in [-0.4, -0.2) is 42.5 Å². The molecule has 1 aliphatic rings. The van der Waals surface area contributed by atoms with E-state index >= 15 is 0 Å². The van der Waals surface area contributed by atoms with E-state index in [4.69, 9.17) is 4.74 Å². The maximum atomic E-state index is 12.2. The highest BCUT2D eigenvalue weighted by Crippen LogP contribution is 2.16. The highest BCUT2D eigenvalue weighted by Gasteiger charge is 2.26. The van der Waals surface area contributed by atoms with E-state index in [0.717, 1.165) is 30.5 Å². The van der Waals surface area contributed by atoms with Gasteiger partial charge in [-0.25, -0.2) is 18.1 Å². The van der Waals surface area contributed by atoms with Crippen LogP contribution in [0.25, 0.3) is 11.0 Å². The van der Waals surface area contributed by atoms with Crippen LogP contribution in [0.3, 0.4) is 0 Å². The number of para-hydroxylation sites is 2. The van der Waals surface area contributed by atoms with Crippen LogP contribution >= 0.6 is 0 Å². The molecule has 3 rings (SSSR count). The van der Waals surface area contributed by atoms with Crippen LogP contribution in [0.2, 0.25) is 0 Å². The van der Waals surface area contributed by atoms with Gasteiger partial charge in [0, 0.05) is 19.2 Å². The number of ether oxygens (including phenoxy) is 1. The Morgan fingerprint density at radius 1 is 1.45 bits per heavy atom. The number of imidazole rings is 1. The minimum absolute atomic E-state index is 0.0103. The third kappa shape index (κ3) is 3.48. The number of fused-ring (bicyclic) bond motifs is 1. The molecule has 0 saturated carbocycles. The van der Waals surface area contributed by atoms with Crippen LogP contribution in [0.5, 0.6) is 0 Å². The number of sulfonamides is 1. The minimum Gasteiger partial charge on any atom is -0.377 e. The van der Waals surface area contributed by atoms with Crippen molar-refractivity contribution < 1.29 is 13.2 Å². The summed E-state index contributed by atoms with van der Waals surface area (Å²) in [6.45, 7) is 2.96. The van der Waals surface area contributed by atoms with Gasteiger partial charge in [0.25, 0.3) is 0 Å². The second-order valence-corrected chi connectivity index (χ2v) is 7.58. The molecule has 2 atom stereocenters. The van der Waals surface area contributed by atoms with E-state index in [1.807, 2.05) is 35.8 Å². The molecule has 1 N–H and O–H groups in total. The zero-order chi connectivity index (χ0) is 15.6. The first-order valence-electron chi connectivity index (χ1n) is 7.57. The second kappa shape index (κ2) is 6.36. The third-order valence-electron chi connectivity index (χ3n) is 4.02. The van der Waals surface area contributed by atoms with Crippen molar-refractivity contribution in [1.82, 2.24) is 14.3 Å². The molecule has 1 aromatic heterocycles. The van der Waals surface area contributed by atoms with Crippen LogP contribution in [0.15, 0.2) is 30.6 Å². The fourth-order valence-electron chi connectivity index (χ4n) is 2.82. The van der Waals surface area contributed by atoms with Crippen molar-refractivity contribution in [2.45, 2.75) is 38.5 Å². The lowest BCUT2D eigenvalue weighted by Gasteiger charge is -2.20. The molecule has 22 heavy (non-hydrogen) atoms. The Hall–Kier alpha value is -1.44. The largest absolute Gasteiger partial charge is 0.377 e. The average Bonchev–Trinajstić information content (AvgIpc) is 3.15. The fourth-order valence-corrected chi connectivity index (χ4v) is 4.10. The first-order valence-corrected chi connectivity index (χ1v) is 9.22. The standard InChI is InChI=1S/C15H21N3O3S/c1-12(15-7-4-9-21-15)17-22(19,20)10-8-18-11-16-13-5-2-3-6-14(13)18/h2-3,5-6,11-12,15,17H,4,7-10H2,1H3/t12-,15-/m0/s1. The first kappa shape index (κ1) is 15.5.